The van der Waals surface area contributed by atoms with Crippen molar-refractivity contribution in [3.63, 3.8) is 0 Å². The van der Waals surface area contributed by atoms with E-state index in [9.17, 15) is 9.59 Å². The summed E-state index contributed by atoms with van der Waals surface area (Å²) >= 11 is 0. The molecule has 2 aliphatic heterocycles. The van der Waals surface area contributed by atoms with E-state index in [0.29, 0.717) is 33.1 Å². The molecule has 0 bridgehead atoms. The molecule has 3 rings (SSSR count). The Morgan fingerprint density at radius 3 is 1.56 bits per heavy atom. The van der Waals surface area contributed by atoms with Crippen molar-refractivity contribution in [1.29, 1.82) is 0 Å². The number of hydrogen-bond donors (Lipinski definition) is 0. The van der Waals surface area contributed by atoms with Gasteiger partial charge in [-0.3, -0.25) is 0 Å². The lowest BCUT2D eigenvalue weighted by molar-refractivity contribution is -0.128. The van der Waals surface area contributed by atoms with Crippen LogP contribution >= 0.6 is 0 Å². The third kappa shape index (κ3) is 0.984. The topological polar surface area (TPSA) is 52.6 Å². The molecule has 16 heavy (non-hydrogen) atoms. The van der Waals surface area contributed by atoms with Crippen molar-refractivity contribution in [2.24, 2.45) is 0 Å². The van der Waals surface area contributed by atoms with Gasteiger partial charge in [0.05, 0.1) is 0 Å². The minimum absolute atomic E-state index is 0.345. The lowest BCUT2D eigenvalue weighted by atomic mass is 10.1. The van der Waals surface area contributed by atoms with Crippen molar-refractivity contribution in [2.45, 2.75) is 13.8 Å². The summed E-state index contributed by atoms with van der Waals surface area (Å²) < 4.78 is 10.1. The highest BCUT2D eigenvalue weighted by Gasteiger charge is 2.25. The molecule has 0 atom stereocenters. The smallest absolute Gasteiger partial charge is 0.339 e. The molecule has 0 N–H and O–H groups in total. The maximum absolute atomic E-state index is 11.3. The Hall–Kier alpha value is -2.10. The fourth-order valence-electron chi connectivity index (χ4n) is 1.89. The van der Waals surface area contributed by atoms with Gasteiger partial charge in [-0.15, -0.1) is 0 Å². The molecule has 0 amide bonds. The number of esters is 2. The molecular weight excluding hydrogens is 208 g/mol. The minimum Gasteiger partial charge on any atom is -0.422 e. The van der Waals surface area contributed by atoms with E-state index in [1.165, 1.54) is 0 Å². The Balaban J connectivity index is 2.41. The molecule has 0 saturated heterocycles. The van der Waals surface area contributed by atoms with Crippen LogP contribution in [-0.4, -0.2) is 11.9 Å². The van der Waals surface area contributed by atoms with Crippen molar-refractivity contribution < 1.29 is 19.1 Å². The van der Waals surface area contributed by atoms with Crippen molar-refractivity contribution in [1.82, 2.24) is 0 Å². The van der Waals surface area contributed by atoms with Crippen molar-refractivity contribution in [3.05, 3.63) is 22.6 Å². The minimum atomic E-state index is -0.345. The number of fused-ring (bicyclic) bond motifs is 2. The molecule has 0 aliphatic carbocycles. The quantitative estimate of drug-likeness (QED) is 0.447. The van der Waals surface area contributed by atoms with Crippen molar-refractivity contribution in [3.8, 4) is 11.5 Å². The number of benzene rings is 1. The lowest BCUT2D eigenvalue weighted by Gasteiger charge is -1.96. The molecule has 2 heterocycles. The number of carbonyl (C=O) groups excluding carboxylic acids is 2. The fraction of sp³-hybridized carbons (Fsp3) is 0.167. The monoisotopic (exact) mass is 216 g/mol. The number of hydrogen-bond acceptors (Lipinski definition) is 4. The van der Waals surface area contributed by atoms with Gasteiger partial charge >= 0.3 is 11.9 Å². The fourth-order valence-corrected chi connectivity index (χ4v) is 1.89. The zero-order chi connectivity index (χ0) is 11.4. The summed E-state index contributed by atoms with van der Waals surface area (Å²) in [5.74, 6) is 0.308. The number of ether oxygens (including phenoxy) is 2. The van der Waals surface area contributed by atoms with Gasteiger partial charge < -0.3 is 9.47 Å². The highest BCUT2D eigenvalue weighted by molar-refractivity contribution is 6.14. The Morgan fingerprint density at radius 1 is 0.812 bits per heavy atom. The summed E-state index contributed by atoms with van der Waals surface area (Å²) in [5.41, 5.74) is 1.08. The second-order valence-electron chi connectivity index (χ2n) is 3.87. The normalized spacial score (nSPS) is 17.1. The zero-order valence-corrected chi connectivity index (χ0v) is 8.79. The van der Waals surface area contributed by atoms with Crippen LogP contribution in [0.1, 0.15) is 13.8 Å². The van der Waals surface area contributed by atoms with Crippen LogP contribution in [0.5, 0.6) is 11.5 Å². The molecule has 0 aromatic heterocycles. The van der Waals surface area contributed by atoms with Gasteiger partial charge in [-0.1, -0.05) is 0 Å². The van der Waals surface area contributed by atoms with Crippen LogP contribution < -0.4 is 19.9 Å². The van der Waals surface area contributed by atoms with Gasteiger partial charge in [0.15, 0.2) is 0 Å². The molecule has 80 valence electrons. The molecule has 0 spiro atoms. The molecule has 4 nitrogen and oxygen atoms in total. The zero-order valence-electron chi connectivity index (χ0n) is 8.79. The largest absolute Gasteiger partial charge is 0.422 e. The van der Waals surface area contributed by atoms with E-state index >= 15 is 0 Å². The van der Waals surface area contributed by atoms with Crippen LogP contribution in [0.2, 0.25) is 0 Å². The summed E-state index contributed by atoms with van der Waals surface area (Å²) in [6, 6.07) is 3.36. The molecule has 2 aliphatic rings. The third-order valence-corrected chi connectivity index (χ3v) is 2.91. The molecule has 4 heteroatoms. The number of carbonyl (C=O) groups is 2. The first-order valence-electron chi connectivity index (χ1n) is 4.88. The van der Waals surface area contributed by atoms with Gasteiger partial charge in [0, 0.05) is 21.6 Å². The highest BCUT2D eigenvalue weighted by atomic mass is 16.5. The highest BCUT2D eigenvalue weighted by Crippen LogP contribution is 2.20. The van der Waals surface area contributed by atoms with Crippen LogP contribution in [0, 0.1) is 0 Å². The van der Waals surface area contributed by atoms with Gasteiger partial charge in [0.1, 0.15) is 11.5 Å². The Kier molecular flexibility index (Phi) is 1.56. The lowest BCUT2D eigenvalue weighted by Crippen LogP contribution is -2.09. The first-order chi connectivity index (χ1) is 7.58. The van der Waals surface area contributed by atoms with Crippen molar-refractivity contribution in [2.75, 3.05) is 0 Å². The summed E-state index contributed by atoms with van der Waals surface area (Å²) in [4.78, 5) is 22.7. The van der Waals surface area contributed by atoms with Crippen LogP contribution in [0.25, 0.3) is 11.1 Å². The second-order valence-corrected chi connectivity index (χ2v) is 3.87. The van der Waals surface area contributed by atoms with Crippen LogP contribution in [0.3, 0.4) is 0 Å². The van der Waals surface area contributed by atoms with Gasteiger partial charge in [0.25, 0.3) is 0 Å². The average Bonchev–Trinajstić information content (AvgIpc) is 2.67. The molecular formula is C12H8O4. The molecule has 0 radical (unpaired) electrons. The SMILES string of the molecule is CC1=c2cc3c(cc2OC1=O)=C(C)C(=O)O3. The Morgan fingerprint density at radius 2 is 1.19 bits per heavy atom. The molecule has 0 saturated carbocycles. The van der Waals surface area contributed by atoms with Gasteiger partial charge in [-0.05, 0) is 26.0 Å². The summed E-state index contributed by atoms with van der Waals surface area (Å²) in [7, 11) is 0. The first kappa shape index (κ1) is 9.15. The van der Waals surface area contributed by atoms with Gasteiger partial charge in [0.2, 0.25) is 0 Å². The van der Waals surface area contributed by atoms with E-state index in [0.717, 1.165) is 0 Å². The van der Waals surface area contributed by atoms with E-state index in [-0.39, 0.29) is 11.9 Å². The van der Waals surface area contributed by atoms with Crippen LogP contribution in [0.15, 0.2) is 12.1 Å². The average molecular weight is 216 g/mol. The predicted octanol–water partition coefficient (Wildman–Crippen LogP) is -0.134. The first-order valence-corrected chi connectivity index (χ1v) is 4.88. The van der Waals surface area contributed by atoms with Crippen molar-refractivity contribution >= 4 is 23.1 Å². The summed E-state index contributed by atoms with van der Waals surface area (Å²) in [6.45, 7) is 3.38. The second kappa shape index (κ2) is 2.72. The molecule has 0 unspecified atom stereocenters. The number of rotatable bonds is 0. The van der Waals surface area contributed by atoms with E-state index in [4.69, 9.17) is 9.47 Å². The van der Waals surface area contributed by atoms with E-state index in [1.54, 1.807) is 26.0 Å². The summed E-state index contributed by atoms with van der Waals surface area (Å²) in [5, 5.41) is 1.40. The third-order valence-electron chi connectivity index (χ3n) is 2.91. The van der Waals surface area contributed by atoms with Gasteiger partial charge in [-0.25, -0.2) is 9.59 Å². The van der Waals surface area contributed by atoms with Crippen LogP contribution in [0.4, 0.5) is 0 Å². The maximum Gasteiger partial charge on any atom is 0.339 e. The standard InChI is InChI=1S/C12H8O4/c1-5-7-3-10-8(6(2)12(14)16-10)4-9(7)15-11(5)13/h3-4H,1-2H3. The van der Waals surface area contributed by atoms with Crippen LogP contribution in [-0.2, 0) is 9.59 Å². The Bertz CT molecular complexity index is 607. The predicted molar refractivity (Wildman–Crippen MR) is 55.1 cm³/mol. The Labute approximate surface area is 90.8 Å². The molecule has 0 fully saturated rings. The van der Waals surface area contributed by atoms with E-state index in [1.807, 2.05) is 0 Å². The summed E-state index contributed by atoms with van der Waals surface area (Å²) in [6.07, 6.45) is 0. The van der Waals surface area contributed by atoms with E-state index < -0.39 is 0 Å². The maximum atomic E-state index is 11.3. The molecule has 1 aromatic rings. The van der Waals surface area contributed by atoms with E-state index in [2.05, 4.69) is 0 Å². The molecule has 1 aromatic carbocycles. The van der Waals surface area contributed by atoms with Gasteiger partial charge in [-0.2, -0.15) is 0 Å².